The molecule has 0 aromatic heterocycles. The van der Waals surface area contributed by atoms with Crippen molar-refractivity contribution in [3.63, 3.8) is 0 Å². The van der Waals surface area contributed by atoms with Crippen molar-refractivity contribution in [3.8, 4) is 0 Å². The third kappa shape index (κ3) is 2.50. The van der Waals surface area contributed by atoms with E-state index in [1.807, 2.05) is 0 Å². The smallest absolute Gasteiger partial charge is 0.249 e. The van der Waals surface area contributed by atoms with Gasteiger partial charge in [0.25, 0.3) is 0 Å². The molecular formula is C14H16N2O3. The van der Waals surface area contributed by atoms with Crippen LogP contribution in [0.1, 0.15) is 30.6 Å². The highest BCUT2D eigenvalue weighted by Crippen LogP contribution is 2.25. The molecule has 5 nitrogen and oxygen atoms in total. The van der Waals surface area contributed by atoms with E-state index in [0.29, 0.717) is 17.7 Å². The summed E-state index contributed by atoms with van der Waals surface area (Å²) in [6.45, 7) is 3.59. The number of imide groups is 1. The van der Waals surface area contributed by atoms with Gasteiger partial charge in [-0.15, -0.1) is 0 Å². The van der Waals surface area contributed by atoms with Gasteiger partial charge >= 0.3 is 0 Å². The van der Waals surface area contributed by atoms with Gasteiger partial charge in [-0.3, -0.25) is 19.7 Å². The Bertz CT molecular complexity index is 539. The van der Waals surface area contributed by atoms with E-state index in [-0.39, 0.29) is 24.1 Å². The predicted octanol–water partition coefficient (Wildman–Crippen LogP) is 1.13. The lowest BCUT2D eigenvalue weighted by Gasteiger charge is -2.34. The van der Waals surface area contributed by atoms with Crippen LogP contribution in [0.3, 0.4) is 0 Å². The Hall–Kier alpha value is -2.17. The second-order valence-corrected chi connectivity index (χ2v) is 4.51. The Morgan fingerprint density at radius 3 is 2.74 bits per heavy atom. The average molecular weight is 260 g/mol. The number of carbonyl (C=O) groups excluding carboxylic acids is 3. The van der Waals surface area contributed by atoms with E-state index in [1.165, 1.54) is 0 Å². The van der Waals surface area contributed by atoms with E-state index in [2.05, 4.69) is 5.32 Å². The SMILES string of the molecule is CCC(=O)c1ccccc1N1CC(=O)NC(=O)C1C. The van der Waals surface area contributed by atoms with Crippen LogP contribution in [0.4, 0.5) is 5.69 Å². The van der Waals surface area contributed by atoms with Gasteiger partial charge < -0.3 is 4.90 Å². The van der Waals surface area contributed by atoms with Crippen molar-refractivity contribution < 1.29 is 14.4 Å². The number of piperazine rings is 1. The van der Waals surface area contributed by atoms with E-state index in [0.717, 1.165) is 0 Å². The van der Waals surface area contributed by atoms with Crippen LogP contribution in [0.15, 0.2) is 24.3 Å². The Labute approximate surface area is 111 Å². The van der Waals surface area contributed by atoms with Crippen molar-refractivity contribution in [2.45, 2.75) is 26.3 Å². The van der Waals surface area contributed by atoms with Crippen LogP contribution < -0.4 is 10.2 Å². The van der Waals surface area contributed by atoms with Crippen LogP contribution >= 0.6 is 0 Å². The van der Waals surface area contributed by atoms with Gasteiger partial charge in [0, 0.05) is 17.7 Å². The number of anilines is 1. The van der Waals surface area contributed by atoms with Gasteiger partial charge in [-0.2, -0.15) is 0 Å². The minimum atomic E-state index is -0.469. The van der Waals surface area contributed by atoms with Crippen molar-refractivity contribution in [1.29, 1.82) is 0 Å². The highest BCUT2D eigenvalue weighted by atomic mass is 16.2. The standard InChI is InChI=1S/C14H16N2O3/c1-3-12(17)10-6-4-5-7-11(10)16-8-13(18)15-14(19)9(16)2/h4-7,9H,3,8H2,1-2H3,(H,15,18,19). The monoisotopic (exact) mass is 260 g/mol. The molecule has 1 fully saturated rings. The molecule has 1 aliphatic rings. The lowest BCUT2D eigenvalue weighted by molar-refractivity contribution is -0.132. The number of para-hydroxylation sites is 1. The second kappa shape index (κ2) is 5.22. The van der Waals surface area contributed by atoms with Gasteiger partial charge in [0.1, 0.15) is 6.04 Å². The summed E-state index contributed by atoms with van der Waals surface area (Å²) in [6.07, 6.45) is 0.388. The zero-order chi connectivity index (χ0) is 14.0. The minimum Gasteiger partial charge on any atom is -0.350 e. The first-order valence-electron chi connectivity index (χ1n) is 6.27. The number of nitrogens with zero attached hydrogens (tertiary/aromatic N) is 1. The fraction of sp³-hybridized carbons (Fsp3) is 0.357. The van der Waals surface area contributed by atoms with Gasteiger partial charge in [0.15, 0.2) is 5.78 Å². The zero-order valence-corrected chi connectivity index (χ0v) is 11.0. The van der Waals surface area contributed by atoms with Crippen molar-refractivity contribution in [2.75, 3.05) is 11.4 Å². The normalized spacial score (nSPS) is 19.3. The van der Waals surface area contributed by atoms with Crippen LogP contribution in [0.2, 0.25) is 0 Å². The summed E-state index contributed by atoms with van der Waals surface area (Å²) in [5.74, 6) is -0.682. The van der Waals surface area contributed by atoms with Gasteiger partial charge in [0.05, 0.1) is 6.54 Å². The number of hydrogen-bond acceptors (Lipinski definition) is 4. The first-order chi connectivity index (χ1) is 9.04. The van der Waals surface area contributed by atoms with Gasteiger partial charge in [-0.1, -0.05) is 19.1 Å². The molecule has 1 N–H and O–H groups in total. The second-order valence-electron chi connectivity index (χ2n) is 4.51. The number of rotatable bonds is 3. The van der Waals surface area contributed by atoms with Crippen LogP contribution in [0.25, 0.3) is 0 Å². The third-order valence-electron chi connectivity index (χ3n) is 3.26. The lowest BCUT2D eigenvalue weighted by Crippen LogP contribution is -2.57. The molecule has 0 spiro atoms. The fourth-order valence-corrected chi connectivity index (χ4v) is 2.16. The van der Waals surface area contributed by atoms with E-state index in [9.17, 15) is 14.4 Å². The lowest BCUT2D eigenvalue weighted by atomic mass is 10.0. The molecule has 1 aromatic rings. The highest BCUT2D eigenvalue weighted by Gasteiger charge is 2.31. The van der Waals surface area contributed by atoms with Gasteiger partial charge in [-0.05, 0) is 19.1 Å². The molecule has 0 bridgehead atoms. The van der Waals surface area contributed by atoms with Crippen LogP contribution in [-0.2, 0) is 9.59 Å². The summed E-state index contributed by atoms with van der Waals surface area (Å²) < 4.78 is 0. The van der Waals surface area contributed by atoms with Crippen LogP contribution in [0, 0.1) is 0 Å². The van der Waals surface area contributed by atoms with Crippen molar-refractivity contribution in [2.24, 2.45) is 0 Å². The maximum atomic E-state index is 11.9. The van der Waals surface area contributed by atoms with Gasteiger partial charge in [-0.25, -0.2) is 0 Å². The number of hydrogen-bond donors (Lipinski definition) is 1. The number of nitrogens with one attached hydrogen (secondary N) is 1. The quantitative estimate of drug-likeness (QED) is 0.653. The summed E-state index contributed by atoms with van der Waals surface area (Å²) in [7, 11) is 0. The van der Waals surface area contributed by atoms with Gasteiger partial charge in [0.2, 0.25) is 11.8 Å². The van der Waals surface area contributed by atoms with Crippen molar-refractivity contribution in [3.05, 3.63) is 29.8 Å². The number of ketones is 1. The molecule has 0 aliphatic carbocycles. The molecule has 0 radical (unpaired) electrons. The first kappa shape index (κ1) is 13.3. The molecule has 19 heavy (non-hydrogen) atoms. The average Bonchev–Trinajstić information content (AvgIpc) is 2.42. The highest BCUT2D eigenvalue weighted by molar-refractivity contribution is 6.07. The van der Waals surface area contributed by atoms with E-state index >= 15 is 0 Å². The summed E-state index contributed by atoms with van der Waals surface area (Å²) in [5, 5.41) is 2.29. The van der Waals surface area contributed by atoms with Crippen LogP contribution in [-0.4, -0.2) is 30.2 Å². The molecule has 1 aromatic carbocycles. The zero-order valence-electron chi connectivity index (χ0n) is 11.0. The predicted molar refractivity (Wildman–Crippen MR) is 71.0 cm³/mol. The number of Topliss-reactive ketones (excluding diaryl/α,β-unsaturated/α-hetero) is 1. The Morgan fingerprint density at radius 1 is 1.37 bits per heavy atom. The molecule has 1 atom stereocenters. The van der Waals surface area contributed by atoms with Crippen molar-refractivity contribution in [1.82, 2.24) is 5.32 Å². The molecule has 2 rings (SSSR count). The molecule has 2 amide bonds. The summed E-state index contributed by atoms with van der Waals surface area (Å²) in [5.41, 5.74) is 1.20. The third-order valence-corrected chi connectivity index (χ3v) is 3.26. The van der Waals surface area contributed by atoms with E-state index in [4.69, 9.17) is 0 Å². The molecule has 1 unspecified atom stereocenters. The molecule has 1 heterocycles. The maximum absolute atomic E-state index is 11.9. The Morgan fingerprint density at radius 2 is 2.05 bits per heavy atom. The molecule has 5 heteroatoms. The molecular weight excluding hydrogens is 244 g/mol. The molecule has 100 valence electrons. The molecule has 1 saturated heterocycles. The molecule has 1 aliphatic heterocycles. The fourth-order valence-electron chi connectivity index (χ4n) is 2.16. The van der Waals surface area contributed by atoms with Crippen molar-refractivity contribution >= 4 is 23.3 Å². The Balaban J connectivity index is 2.43. The van der Waals surface area contributed by atoms with E-state index in [1.54, 1.807) is 43.0 Å². The number of amides is 2. The van der Waals surface area contributed by atoms with E-state index < -0.39 is 6.04 Å². The number of benzene rings is 1. The summed E-state index contributed by atoms with van der Waals surface area (Å²) >= 11 is 0. The minimum absolute atomic E-state index is 0.00114. The van der Waals surface area contributed by atoms with Crippen LogP contribution in [0.5, 0.6) is 0 Å². The number of carbonyl (C=O) groups is 3. The Kier molecular flexibility index (Phi) is 3.64. The largest absolute Gasteiger partial charge is 0.350 e. The first-order valence-corrected chi connectivity index (χ1v) is 6.27. The maximum Gasteiger partial charge on any atom is 0.249 e. The topological polar surface area (TPSA) is 66.5 Å². The summed E-state index contributed by atoms with van der Waals surface area (Å²) in [6, 6.07) is 6.60. The summed E-state index contributed by atoms with van der Waals surface area (Å²) in [4.78, 5) is 36.8. The molecule has 0 saturated carbocycles.